The summed E-state index contributed by atoms with van der Waals surface area (Å²) in [5.41, 5.74) is 1.13. The molecule has 5 heteroatoms. The lowest BCUT2D eigenvalue weighted by Crippen LogP contribution is -2.27. The number of phenolic OH excluding ortho intramolecular Hbond substituents is 1. The molecule has 1 aromatic carbocycles. The Balaban J connectivity index is 2.48. The quantitative estimate of drug-likeness (QED) is 0.610. The molecule has 1 atom stereocenters. The summed E-state index contributed by atoms with van der Waals surface area (Å²) >= 11 is 0. The van der Waals surface area contributed by atoms with Crippen LogP contribution in [0.1, 0.15) is 36.4 Å². The lowest BCUT2D eigenvalue weighted by atomic mass is 9.94. The maximum absolute atomic E-state index is 11.0. The summed E-state index contributed by atoms with van der Waals surface area (Å²) in [7, 11) is 0. The summed E-state index contributed by atoms with van der Waals surface area (Å²) in [5, 5.41) is 24.3. The fraction of sp³-hybridized carbons (Fsp3) is 0.500. The van der Waals surface area contributed by atoms with Crippen molar-refractivity contribution >= 4 is 5.69 Å². The summed E-state index contributed by atoms with van der Waals surface area (Å²) in [6.45, 7) is 2.60. The second kappa shape index (κ2) is 4.71. The zero-order valence-corrected chi connectivity index (χ0v) is 9.77. The lowest BCUT2D eigenvalue weighted by molar-refractivity contribution is -0.385. The van der Waals surface area contributed by atoms with Gasteiger partial charge in [-0.15, -0.1) is 0 Å². The molecule has 0 aromatic heterocycles. The van der Waals surface area contributed by atoms with Gasteiger partial charge in [-0.2, -0.15) is 0 Å². The first-order valence-corrected chi connectivity index (χ1v) is 5.81. The molecule has 1 saturated heterocycles. The maximum Gasteiger partial charge on any atom is 0.277 e. The molecule has 17 heavy (non-hydrogen) atoms. The van der Waals surface area contributed by atoms with E-state index in [1.807, 2.05) is 0 Å². The summed E-state index contributed by atoms with van der Waals surface area (Å²) in [6, 6.07) is 2.95. The molecule has 0 amide bonds. The zero-order valence-electron chi connectivity index (χ0n) is 9.77. The van der Waals surface area contributed by atoms with Crippen LogP contribution in [0, 0.1) is 17.0 Å². The van der Waals surface area contributed by atoms with E-state index in [9.17, 15) is 15.2 Å². The molecule has 1 aromatic rings. The summed E-state index contributed by atoms with van der Waals surface area (Å²) in [4.78, 5) is 10.6. The Bertz CT molecular complexity index is 440. The zero-order chi connectivity index (χ0) is 12.4. The van der Waals surface area contributed by atoms with Crippen molar-refractivity contribution in [3.63, 3.8) is 0 Å². The van der Waals surface area contributed by atoms with Crippen LogP contribution in [0.5, 0.6) is 5.75 Å². The predicted molar refractivity (Wildman–Crippen MR) is 64.1 cm³/mol. The van der Waals surface area contributed by atoms with Gasteiger partial charge in [0.15, 0.2) is 0 Å². The van der Waals surface area contributed by atoms with E-state index >= 15 is 0 Å². The smallest absolute Gasteiger partial charge is 0.277 e. The normalized spacial score (nSPS) is 20.2. The first-order chi connectivity index (χ1) is 8.11. The Kier molecular flexibility index (Phi) is 3.28. The van der Waals surface area contributed by atoms with Crippen LogP contribution in [0.15, 0.2) is 12.1 Å². The third kappa shape index (κ3) is 2.24. The van der Waals surface area contributed by atoms with E-state index in [4.69, 9.17) is 0 Å². The van der Waals surface area contributed by atoms with Crippen LogP contribution in [0.4, 0.5) is 5.69 Å². The number of phenols is 1. The van der Waals surface area contributed by atoms with Crippen molar-refractivity contribution in [1.29, 1.82) is 0 Å². The number of nitrogens with zero attached hydrogens (tertiary/aromatic N) is 1. The largest absolute Gasteiger partial charge is 0.507 e. The molecule has 1 aliphatic rings. The molecule has 2 N–H and O–H groups in total. The van der Waals surface area contributed by atoms with Gasteiger partial charge in [-0.25, -0.2) is 0 Å². The molecule has 0 aliphatic carbocycles. The number of nitro groups is 1. The van der Waals surface area contributed by atoms with Crippen LogP contribution in [0.25, 0.3) is 0 Å². The molecule has 0 unspecified atom stereocenters. The second-order valence-corrected chi connectivity index (χ2v) is 4.42. The van der Waals surface area contributed by atoms with Crippen LogP contribution in [-0.4, -0.2) is 16.6 Å². The van der Waals surface area contributed by atoms with E-state index in [-0.39, 0.29) is 17.5 Å². The van der Waals surface area contributed by atoms with E-state index < -0.39 is 4.92 Å². The van der Waals surface area contributed by atoms with Gasteiger partial charge in [-0.05, 0) is 37.9 Å². The Morgan fingerprint density at radius 1 is 1.47 bits per heavy atom. The van der Waals surface area contributed by atoms with Crippen LogP contribution < -0.4 is 5.32 Å². The minimum absolute atomic E-state index is 0.00694. The average molecular weight is 236 g/mol. The van der Waals surface area contributed by atoms with Gasteiger partial charge in [-0.3, -0.25) is 10.1 Å². The summed E-state index contributed by atoms with van der Waals surface area (Å²) in [5.74, 6) is 0.0543. The summed E-state index contributed by atoms with van der Waals surface area (Å²) in [6.07, 6.45) is 2.94. The second-order valence-electron chi connectivity index (χ2n) is 4.42. The first kappa shape index (κ1) is 11.9. The molecule has 0 spiro atoms. The Morgan fingerprint density at radius 2 is 2.24 bits per heavy atom. The van der Waals surface area contributed by atoms with Crippen molar-refractivity contribution < 1.29 is 10.0 Å². The van der Waals surface area contributed by atoms with Crippen molar-refractivity contribution in [2.45, 2.75) is 32.2 Å². The van der Waals surface area contributed by atoms with E-state index in [0.717, 1.165) is 25.8 Å². The molecule has 2 rings (SSSR count). The number of aromatic hydroxyl groups is 1. The van der Waals surface area contributed by atoms with Gasteiger partial charge in [0.05, 0.1) is 10.5 Å². The average Bonchev–Trinajstić information content (AvgIpc) is 2.33. The van der Waals surface area contributed by atoms with Crippen LogP contribution >= 0.6 is 0 Å². The van der Waals surface area contributed by atoms with Gasteiger partial charge in [0.1, 0.15) is 5.75 Å². The van der Waals surface area contributed by atoms with E-state index in [2.05, 4.69) is 5.32 Å². The third-order valence-electron chi connectivity index (χ3n) is 3.25. The minimum Gasteiger partial charge on any atom is -0.507 e. The monoisotopic (exact) mass is 236 g/mol. The van der Waals surface area contributed by atoms with Crippen LogP contribution in [-0.2, 0) is 0 Å². The number of aryl methyl sites for hydroxylation is 1. The number of piperidine rings is 1. The molecule has 0 radical (unpaired) electrons. The van der Waals surface area contributed by atoms with Crippen LogP contribution in [0.2, 0.25) is 0 Å². The van der Waals surface area contributed by atoms with Crippen LogP contribution in [0.3, 0.4) is 0 Å². The highest BCUT2D eigenvalue weighted by atomic mass is 16.6. The van der Waals surface area contributed by atoms with Gasteiger partial charge in [0.25, 0.3) is 5.69 Å². The van der Waals surface area contributed by atoms with Gasteiger partial charge >= 0.3 is 0 Å². The first-order valence-electron chi connectivity index (χ1n) is 5.81. The summed E-state index contributed by atoms with van der Waals surface area (Å²) < 4.78 is 0. The number of nitro benzene ring substituents is 1. The molecule has 1 aliphatic heterocycles. The van der Waals surface area contributed by atoms with Gasteiger partial charge in [-0.1, -0.05) is 6.42 Å². The maximum atomic E-state index is 11.0. The Hall–Kier alpha value is -1.62. The van der Waals surface area contributed by atoms with Crippen molar-refractivity contribution in [1.82, 2.24) is 5.32 Å². The third-order valence-corrected chi connectivity index (χ3v) is 3.25. The van der Waals surface area contributed by atoms with Crippen molar-refractivity contribution in [3.8, 4) is 5.75 Å². The predicted octanol–water partition coefficient (Wildman–Crippen LogP) is 2.42. The number of benzene rings is 1. The van der Waals surface area contributed by atoms with Crippen molar-refractivity contribution in [3.05, 3.63) is 33.4 Å². The molecule has 0 bridgehead atoms. The molecule has 1 fully saturated rings. The van der Waals surface area contributed by atoms with E-state index in [1.165, 1.54) is 6.07 Å². The SMILES string of the molecule is Cc1ccc([N+](=O)[O-])c([C@@H]2CCCCN2)c1O. The lowest BCUT2D eigenvalue weighted by Gasteiger charge is -2.24. The number of hydrogen-bond donors (Lipinski definition) is 2. The molecule has 1 heterocycles. The van der Waals surface area contributed by atoms with Gasteiger partial charge < -0.3 is 10.4 Å². The highest BCUT2D eigenvalue weighted by molar-refractivity contribution is 5.54. The van der Waals surface area contributed by atoms with Crippen molar-refractivity contribution in [2.75, 3.05) is 6.54 Å². The van der Waals surface area contributed by atoms with E-state index in [0.29, 0.717) is 11.1 Å². The topological polar surface area (TPSA) is 75.4 Å². The molecule has 92 valence electrons. The molecule has 0 saturated carbocycles. The fourth-order valence-corrected chi connectivity index (χ4v) is 2.31. The van der Waals surface area contributed by atoms with E-state index in [1.54, 1.807) is 13.0 Å². The molecular formula is C12H16N2O3. The standard InChI is InChI=1S/C12H16N2O3/c1-8-5-6-10(14(16)17)11(12(8)15)9-4-2-3-7-13-9/h5-6,9,13,15H,2-4,7H2,1H3/t9-/m0/s1. The Morgan fingerprint density at radius 3 is 2.82 bits per heavy atom. The van der Waals surface area contributed by atoms with Gasteiger partial charge in [0, 0.05) is 12.1 Å². The molecule has 5 nitrogen and oxygen atoms in total. The molecular weight excluding hydrogens is 220 g/mol. The van der Waals surface area contributed by atoms with Crippen molar-refractivity contribution in [2.24, 2.45) is 0 Å². The minimum atomic E-state index is -0.426. The number of nitrogens with one attached hydrogen (secondary N) is 1. The highest BCUT2D eigenvalue weighted by Crippen LogP contribution is 2.38. The highest BCUT2D eigenvalue weighted by Gasteiger charge is 2.27. The number of hydrogen-bond acceptors (Lipinski definition) is 4. The number of rotatable bonds is 2. The Labute approximate surface area is 99.6 Å². The van der Waals surface area contributed by atoms with Gasteiger partial charge in [0.2, 0.25) is 0 Å². The fourth-order valence-electron chi connectivity index (χ4n) is 2.31.